The third-order valence-corrected chi connectivity index (χ3v) is 3.41. The molecule has 0 spiro atoms. The van der Waals surface area contributed by atoms with Crippen LogP contribution in [-0.4, -0.2) is 19.9 Å². The Balaban J connectivity index is 1.88. The number of rotatable bonds is 3. The molecule has 0 bridgehead atoms. The zero-order valence-electron chi connectivity index (χ0n) is 8.86. The van der Waals surface area contributed by atoms with Gasteiger partial charge in [0.2, 0.25) is 0 Å². The highest BCUT2D eigenvalue weighted by molar-refractivity contribution is 6.29. The van der Waals surface area contributed by atoms with Crippen LogP contribution >= 0.6 is 11.6 Å². The first kappa shape index (κ1) is 10.1. The monoisotopic (exact) mass is 236 g/mol. The van der Waals surface area contributed by atoms with E-state index in [4.69, 9.17) is 17.3 Å². The number of nitrogens with zero attached hydrogens (tertiary/aromatic N) is 3. The summed E-state index contributed by atoms with van der Waals surface area (Å²) in [6.45, 7) is 0. The van der Waals surface area contributed by atoms with Crippen molar-refractivity contribution < 1.29 is 0 Å². The first-order valence-electron chi connectivity index (χ1n) is 5.43. The van der Waals surface area contributed by atoms with Gasteiger partial charge in [-0.05, 0) is 25.7 Å². The van der Waals surface area contributed by atoms with Crippen LogP contribution in [0.25, 0.3) is 5.65 Å². The number of aryl methyl sites for hydroxylation is 1. The summed E-state index contributed by atoms with van der Waals surface area (Å²) in [6, 6.07) is 0. The highest BCUT2D eigenvalue weighted by Gasteiger charge is 2.37. The molecule has 1 fully saturated rings. The van der Waals surface area contributed by atoms with Gasteiger partial charge < -0.3 is 5.73 Å². The number of fused-ring (bicyclic) bond motifs is 1. The van der Waals surface area contributed by atoms with E-state index in [9.17, 15) is 0 Å². The van der Waals surface area contributed by atoms with Crippen LogP contribution in [0.2, 0.25) is 5.15 Å². The van der Waals surface area contributed by atoms with Crippen LogP contribution in [0.4, 0.5) is 0 Å². The van der Waals surface area contributed by atoms with Crippen LogP contribution in [0.15, 0.2) is 18.6 Å². The summed E-state index contributed by atoms with van der Waals surface area (Å²) >= 11 is 5.87. The van der Waals surface area contributed by atoms with Gasteiger partial charge in [-0.25, -0.2) is 9.97 Å². The lowest BCUT2D eigenvalue weighted by Crippen LogP contribution is -2.22. The molecule has 0 aromatic carbocycles. The van der Waals surface area contributed by atoms with Crippen LogP contribution in [0.3, 0.4) is 0 Å². The Morgan fingerprint density at radius 3 is 2.94 bits per heavy atom. The third kappa shape index (κ3) is 1.79. The largest absolute Gasteiger partial charge is 0.325 e. The van der Waals surface area contributed by atoms with Crippen LogP contribution < -0.4 is 5.73 Å². The van der Waals surface area contributed by atoms with Crippen molar-refractivity contribution in [2.75, 3.05) is 0 Å². The molecule has 2 aromatic heterocycles. The second kappa shape index (κ2) is 3.43. The van der Waals surface area contributed by atoms with Crippen LogP contribution in [0.1, 0.15) is 25.0 Å². The van der Waals surface area contributed by atoms with Gasteiger partial charge in [0.25, 0.3) is 0 Å². The molecule has 2 heterocycles. The fourth-order valence-corrected chi connectivity index (χ4v) is 2.03. The van der Waals surface area contributed by atoms with E-state index in [2.05, 4.69) is 9.97 Å². The molecule has 2 aromatic rings. The average molecular weight is 237 g/mol. The minimum absolute atomic E-state index is 0.0843. The molecule has 0 amide bonds. The Bertz CT molecular complexity index is 530. The Hall–Kier alpha value is -1.13. The maximum absolute atomic E-state index is 6.07. The van der Waals surface area contributed by atoms with Crippen molar-refractivity contribution >= 4 is 17.2 Å². The highest BCUT2D eigenvalue weighted by atomic mass is 35.5. The molecular formula is C11H13ClN4. The van der Waals surface area contributed by atoms with E-state index in [-0.39, 0.29) is 5.54 Å². The fourth-order valence-electron chi connectivity index (χ4n) is 1.89. The molecule has 0 saturated heterocycles. The fraction of sp³-hybridized carbons (Fsp3) is 0.455. The van der Waals surface area contributed by atoms with Crippen LogP contribution in [0.5, 0.6) is 0 Å². The minimum Gasteiger partial charge on any atom is -0.325 e. The molecule has 5 heteroatoms. The molecule has 2 N–H and O–H groups in total. The van der Waals surface area contributed by atoms with Crippen molar-refractivity contribution in [3.8, 4) is 0 Å². The topological polar surface area (TPSA) is 56.2 Å². The summed E-state index contributed by atoms with van der Waals surface area (Å²) in [5.74, 6) is 0. The zero-order valence-corrected chi connectivity index (χ0v) is 9.61. The molecule has 84 valence electrons. The van der Waals surface area contributed by atoms with Gasteiger partial charge >= 0.3 is 0 Å². The van der Waals surface area contributed by atoms with E-state index >= 15 is 0 Å². The lowest BCUT2D eigenvalue weighted by Gasteiger charge is -2.07. The molecule has 0 unspecified atom stereocenters. The number of imidazole rings is 1. The van der Waals surface area contributed by atoms with Crippen LogP contribution in [-0.2, 0) is 6.42 Å². The molecule has 0 atom stereocenters. The van der Waals surface area contributed by atoms with Gasteiger partial charge in [0.1, 0.15) is 5.15 Å². The number of hydrogen-bond acceptors (Lipinski definition) is 3. The van der Waals surface area contributed by atoms with Crippen molar-refractivity contribution in [1.82, 2.24) is 14.4 Å². The molecule has 16 heavy (non-hydrogen) atoms. The molecule has 4 nitrogen and oxygen atoms in total. The molecule has 1 saturated carbocycles. The van der Waals surface area contributed by atoms with Crippen molar-refractivity contribution in [1.29, 1.82) is 0 Å². The normalized spacial score (nSPS) is 17.9. The maximum Gasteiger partial charge on any atom is 0.155 e. The van der Waals surface area contributed by atoms with E-state index in [1.807, 2.05) is 10.6 Å². The smallest absolute Gasteiger partial charge is 0.155 e. The summed E-state index contributed by atoms with van der Waals surface area (Å²) in [7, 11) is 0. The van der Waals surface area contributed by atoms with Crippen molar-refractivity contribution in [2.24, 2.45) is 5.73 Å². The zero-order chi connectivity index (χ0) is 11.2. The lowest BCUT2D eigenvalue weighted by molar-refractivity contribution is 0.601. The van der Waals surface area contributed by atoms with E-state index in [1.54, 1.807) is 12.4 Å². The summed E-state index contributed by atoms with van der Waals surface area (Å²) in [6.07, 6.45) is 9.60. The summed E-state index contributed by atoms with van der Waals surface area (Å²) in [4.78, 5) is 8.28. The van der Waals surface area contributed by atoms with Gasteiger partial charge in [-0.1, -0.05) is 11.6 Å². The molecule has 0 radical (unpaired) electrons. The Morgan fingerprint density at radius 2 is 2.19 bits per heavy atom. The standard InChI is InChI=1S/C11H13ClN4/c12-9-7-16-8(1-2-11(13)3-4-11)5-15-10(16)6-14-9/h5-7H,1-4,13H2. The second-order valence-corrected chi connectivity index (χ2v) is 4.94. The maximum atomic E-state index is 6.07. The quantitative estimate of drug-likeness (QED) is 0.884. The molecule has 0 aliphatic heterocycles. The van der Waals surface area contributed by atoms with Gasteiger partial charge in [0.05, 0.1) is 6.20 Å². The van der Waals surface area contributed by atoms with Crippen molar-refractivity contribution in [3.63, 3.8) is 0 Å². The number of nitrogens with two attached hydrogens (primary N) is 1. The predicted octanol–water partition coefficient (Wildman–Crippen LogP) is 1.81. The first-order chi connectivity index (χ1) is 7.66. The van der Waals surface area contributed by atoms with E-state index in [0.717, 1.165) is 37.0 Å². The number of halogens is 1. The van der Waals surface area contributed by atoms with Gasteiger partial charge in [-0.15, -0.1) is 0 Å². The minimum atomic E-state index is 0.0843. The molecular weight excluding hydrogens is 224 g/mol. The number of aromatic nitrogens is 3. The highest BCUT2D eigenvalue weighted by Crippen LogP contribution is 2.36. The lowest BCUT2D eigenvalue weighted by atomic mass is 10.1. The van der Waals surface area contributed by atoms with E-state index in [0.29, 0.717) is 5.15 Å². The van der Waals surface area contributed by atoms with Gasteiger partial charge in [0.15, 0.2) is 5.65 Å². The van der Waals surface area contributed by atoms with Crippen LogP contribution in [0, 0.1) is 0 Å². The van der Waals surface area contributed by atoms with Gasteiger partial charge in [-0.3, -0.25) is 4.40 Å². The summed E-state index contributed by atoms with van der Waals surface area (Å²) < 4.78 is 1.99. The predicted molar refractivity (Wildman–Crippen MR) is 62.5 cm³/mol. The Kier molecular flexibility index (Phi) is 2.16. The number of hydrogen-bond donors (Lipinski definition) is 1. The Morgan fingerprint density at radius 1 is 1.38 bits per heavy atom. The second-order valence-electron chi connectivity index (χ2n) is 4.55. The third-order valence-electron chi connectivity index (χ3n) is 3.21. The van der Waals surface area contributed by atoms with Crippen molar-refractivity contribution in [2.45, 2.75) is 31.2 Å². The molecule has 1 aliphatic carbocycles. The van der Waals surface area contributed by atoms with Crippen molar-refractivity contribution in [3.05, 3.63) is 29.4 Å². The average Bonchev–Trinajstić information content (AvgIpc) is 2.87. The van der Waals surface area contributed by atoms with Gasteiger partial charge in [0, 0.05) is 23.6 Å². The summed E-state index contributed by atoms with van der Waals surface area (Å²) in [5, 5.41) is 0.487. The van der Waals surface area contributed by atoms with E-state index in [1.165, 1.54) is 0 Å². The molecule has 3 rings (SSSR count). The summed E-state index contributed by atoms with van der Waals surface area (Å²) in [5.41, 5.74) is 8.14. The van der Waals surface area contributed by atoms with E-state index < -0.39 is 0 Å². The van der Waals surface area contributed by atoms with Gasteiger partial charge in [-0.2, -0.15) is 0 Å². The Labute approximate surface area is 98.5 Å². The first-order valence-corrected chi connectivity index (χ1v) is 5.80. The molecule has 1 aliphatic rings. The SMILES string of the molecule is NC1(CCc2cnc3cnc(Cl)cn23)CC1.